The van der Waals surface area contributed by atoms with Gasteiger partial charge in [0.1, 0.15) is 0 Å². The quantitative estimate of drug-likeness (QED) is 0.0938. The van der Waals surface area contributed by atoms with Crippen LogP contribution >= 0.6 is 8.25 Å². The molecule has 0 aliphatic rings. The summed E-state index contributed by atoms with van der Waals surface area (Å²) in [6, 6.07) is 20.7. The van der Waals surface area contributed by atoms with Crippen molar-refractivity contribution in [2.45, 2.75) is 12.2 Å². The molecule has 0 heterocycles. The normalized spacial score (nSPS) is 10.9. The minimum atomic E-state index is -3.02. The lowest BCUT2D eigenvalue weighted by molar-refractivity contribution is -0.385. The summed E-state index contributed by atoms with van der Waals surface area (Å²) in [6.45, 7) is 0. The summed E-state index contributed by atoms with van der Waals surface area (Å²) in [5.74, 6) is 0. The van der Waals surface area contributed by atoms with Gasteiger partial charge < -0.3 is 0 Å². The number of benzene rings is 4. The van der Waals surface area contributed by atoms with Gasteiger partial charge in [-0.25, -0.2) is 0 Å². The summed E-state index contributed by atoms with van der Waals surface area (Å²) in [6.07, 6.45) is -2.30. The zero-order chi connectivity index (χ0) is 30.4. The van der Waals surface area contributed by atoms with Crippen LogP contribution in [-0.2, 0) is 13.6 Å². The van der Waals surface area contributed by atoms with Gasteiger partial charge in [-0.2, -0.15) is 0 Å². The Morgan fingerprint density at radius 3 is 0.786 bits per heavy atom. The average molecular weight is 593 g/mol. The minimum Gasteiger partial charge on any atom is -0.258 e. The number of nitrogens with zero attached hydrogens (tertiary/aromatic N) is 4. The molecule has 15 nitrogen and oxygen atoms in total. The van der Waals surface area contributed by atoms with Crippen LogP contribution in [-0.4, -0.2) is 19.7 Å². The summed E-state index contributed by atoms with van der Waals surface area (Å²) in [5.41, 5.74) is 0.451. The van der Waals surface area contributed by atoms with Gasteiger partial charge in [0.05, 0.1) is 19.7 Å². The lowest BCUT2D eigenvalue weighted by atomic mass is 10.0. The van der Waals surface area contributed by atoms with Crippen LogP contribution in [0.5, 0.6) is 0 Å². The van der Waals surface area contributed by atoms with Gasteiger partial charge in [-0.3, -0.25) is 40.5 Å². The van der Waals surface area contributed by atoms with Gasteiger partial charge in [-0.1, -0.05) is 0 Å². The first-order chi connectivity index (χ1) is 20.0. The fraction of sp³-hybridized carbons (Fsp3) is 0.0769. The average Bonchev–Trinajstić information content (AvgIpc) is 2.99. The third-order valence-corrected chi connectivity index (χ3v) is 6.78. The molecule has 0 amide bonds. The Bertz CT molecular complexity index is 1410. The molecule has 0 unspecified atom stereocenters. The molecular formula is C26H18N4O11P+. The van der Waals surface area contributed by atoms with Crippen LogP contribution in [0.3, 0.4) is 0 Å². The van der Waals surface area contributed by atoms with E-state index in [1.807, 2.05) is 0 Å². The van der Waals surface area contributed by atoms with E-state index in [4.69, 9.17) is 9.05 Å². The van der Waals surface area contributed by atoms with Gasteiger partial charge >= 0.3 is 8.25 Å². The van der Waals surface area contributed by atoms with Crippen molar-refractivity contribution in [3.05, 3.63) is 160 Å². The number of hydrogen-bond acceptors (Lipinski definition) is 11. The maximum atomic E-state index is 13.3. The lowest BCUT2D eigenvalue weighted by Gasteiger charge is -2.14. The number of non-ortho nitro benzene ring substituents is 4. The molecule has 0 atom stereocenters. The first-order valence-corrected chi connectivity index (χ1v) is 12.9. The molecular weight excluding hydrogens is 575 g/mol. The van der Waals surface area contributed by atoms with Gasteiger partial charge in [0.2, 0.25) is 0 Å². The lowest BCUT2D eigenvalue weighted by Crippen LogP contribution is -2.07. The van der Waals surface area contributed by atoms with Crippen LogP contribution in [0.1, 0.15) is 34.5 Å². The molecule has 0 N–H and O–H groups in total. The molecule has 0 saturated heterocycles. The zero-order valence-electron chi connectivity index (χ0n) is 21.1. The SMILES string of the molecule is O=[N+]([O-])c1ccc(C(O[P+](=O)OC(c2ccc([N+](=O)[O-])cc2)c2ccc([N+](=O)[O-])cc2)c2ccc([N+](=O)[O-])cc2)cc1. The van der Waals surface area contributed by atoms with Gasteiger partial charge in [0.25, 0.3) is 22.7 Å². The zero-order valence-corrected chi connectivity index (χ0v) is 22.0. The molecule has 0 aliphatic heterocycles. The third-order valence-electron chi connectivity index (χ3n) is 6.01. The smallest absolute Gasteiger partial charge is 0.258 e. The van der Waals surface area contributed by atoms with E-state index in [0.29, 0.717) is 22.3 Å². The molecule has 0 spiro atoms. The van der Waals surface area contributed by atoms with E-state index in [2.05, 4.69) is 0 Å². The van der Waals surface area contributed by atoms with Crippen molar-refractivity contribution >= 4 is 31.0 Å². The van der Waals surface area contributed by atoms with Gasteiger partial charge in [0, 0.05) is 53.1 Å². The molecule has 0 saturated carbocycles. The highest BCUT2D eigenvalue weighted by Gasteiger charge is 2.36. The van der Waals surface area contributed by atoms with Crippen molar-refractivity contribution in [3.8, 4) is 0 Å². The number of hydrogen-bond donors (Lipinski definition) is 0. The third kappa shape index (κ3) is 6.98. The van der Waals surface area contributed by atoms with E-state index in [-0.39, 0.29) is 22.7 Å². The molecule has 0 bridgehead atoms. The second kappa shape index (κ2) is 12.8. The number of nitro groups is 4. The van der Waals surface area contributed by atoms with Crippen LogP contribution in [0.4, 0.5) is 22.7 Å². The van der Waals surface area contributed by atoms with Crippen LogP contribution in [0.15, 0.2) is 97.1 Å². The first kappa shape index (κ1) is 29.5. The molecule has 4 rings (SSSR count). The molecule has 212 valence electrons. The maximum absolute atomic E-state index is 13.3. The highest BCUT2D eigenvalue weighted by molar-refractivity contribution is 7.33. The Balaban J connectivity index is 1.68. The molecule has 0 aromatic heterocycles. The van der Waals surface area contributed by atoms with Crippen molar-refractivity contribution in [1.29, 1.82) is 0 Å². The molecule has 0 aliphatic carbocycles. The highest BCUT2D eigenvalue weighted by atomic mass is 31.1. The Morgan fingerprint density at radius 1 is 0.429 bits per heavy atom. The monoisotopic (exact) mass is 593 g/mol. The summed E-state index contributed by atoms with van der Waals surface area (Å²) in [4.78, 5) is 42.0. The second-order valence-electron chi connectivity index (χ2n) is 8.59. The highest BCUT2D eigenvalue weighted by Crippen LogP contribution is 2.44. The van der Waals surface area contributed by atoms with E-state index >= 15 is 0 Å². The number of nitro benzene ring substituents is 4. The van der Waals surface area contributed by atoms with Crippen molar-refractivity contribution in [1.82, 2.24) is 0 Å². The molecule has 0 radical (unpaired) electrons. The van der Waals surface area contributed by atoms with Gasteiger partial charge in [-0.05, 0) is 70.8 Å². The van der Waals surface area contributed by atoms with Crippen LogP contribution < -0.4 is 0 Å². The van der Waals surface area contributed by atoms with Crippen molar-refractivity contribution < 1.29 is 33.3 Å². The Morgan fingerprint density at radius 2 is 0.619 bits per heavy atom. The Kier molecular flexibility index (Phi) is 8.97. The van der Waals surface area contributed by atoms with Crippen LogP contribution in [0.2, 0.25) is 0 Å². The maximum Gasteiger partial charge on any atom is 0.699 e. The van der Waals surface area contributed by atoms with E-state index in [1.54, 1.807) is 0 Å². The van der Waals surface area contributed by atoms with Crippen molar-refractivity contribution in [2.75, 3.05) is 0 Å². The minimum absolute atomic E-state index is 0.210. The summed E-state index contributed by atoms with van der Waals surface area (Å²) in [5, 5.41) is 44.4. The predicted molar refractivity (Wildman–Crippen MR) is 146 cm³/mol. The largest absolute Gasteiger partial charge is 0.699 e. The van der Waals surface area contributed by atoms with Crippen molar-refractivity contribution in [2.24, 2.45) is 0 Å². The fourth-order valence-corrected chi connectivity index (χ4v) is 4.79. The van der Waals surface area contributed by atoms with E-state index in [1.165, 1.54) is 97.1 Å². The molecule has 16 heteroatoms. The number of rotatable bonds is 12. The molecule has 4 aromatic rings. The summed E-state index contributed by atoms with van der Waals surface area (Å²) >= 11 is 0. The molecule has 0 fully saturated rings. The van der Waals surface area contributed by atoms with Gasteiger partial charge in [0.15, 0.2) is 12.2 Å². The van der Waals surface area contributed by atoms with Crippen LogP contribution in [0.25, 0.3) is 0 Å². The van der Waals surface area contributed by atoms with E-state index in [9.17, 15) is 45.0 Å². The van der Waals surface area contributed by atoms with E-state index < -0.39 is 40.2 Å². The molecule has 42 heavy (non-hydrogen) atoms. The molecule has 4 aromatic carbocycles. The van der Waals surface area contributed by atoms with Crippen molar-refractivity contribution in [3.63, 3.8) is 0 Å². The summed E-state index contributed by atoms with van der Waals surface area (Å²) < 4.78 is 24.8. The first-order valence-electron chi connectivity index (χ1n) is 11.8. The van der Waals surface area contributed by atoms with Gasteiger partial charge in [-0.15, -0.1) is 9.05 Å². The topological polar surface area (TPSA) is 208 Å². The second-order valence-corrected chi connectivity index (χ2v) is 9.46. The fourth-order valence-electron chi connectivity index (χ4n) is 3.91. The standard InChI is InChI=1S/C26H18N4O11P/c31-27(32)21-9-1-17(2-10-21)25(18-3-11-22(12-4-18)28(33)34)40-42(39)41-26(19-5-13-23(14-6-19)29(35)36)20-7-15-24(16-8-20)30(37)38/h1-16,25-26H/q+1. The Labute approximate surface area is 236 Å². The van der Waals surface area contributed by atoms with E-state index in [0.717, 1.165) is 0 Å². The Hall–Kier alpha value is -5.50. The predicted octanol–water partition coefficient (Wildman–Crippen LogP) is 6.89. The van der Waals surface area contributed by atoms with Crippen LogP contribution in [0, 0.1) is 40.5 Å². The summed E-state index contributed by atoms with van der Waals surface area (Å²) in [7, 11) is -3.02.